The van der Waals surface area contributed by atoms with Crippen molar-refractivity contribution in [2.75, 3.05) is 20.7 Å². The molecule has 0 aromatic heterocycles. The van der Waals surface area contributed by atoms with Gasteiger partial charge in [-0.2, -0.15) is 8.42 Å². The van der Waals surface area contributed by atoms with E-state index >= 15 is 0 Å². The molecule has 1 saturated heterocycles. The summed E-state index contributed by atoms with van der Waals surface area (Å²) in [5, 5.41) is 5.49. The van der Waals surface area contributed by atoms with Crippen LogP contribution in [0.3, 0.4) is 0 Å². The van der Waals surface area contributed by atoms with Crippen LogP contribution in [0.1, 0.15) is 38.8 Å². The Hall–Kier alpha value is -4.74. The fraction of sp³-hybridized carbons (Fsp3) is 0.469. The Balaban J connectivity index is 1.88. The van der Waals surface area contributed by atoms with Gasteiger partial charge >= 0.3 is 34.0 Å². The lowest BCUT2D eigenvalue weighted by Crippen LogP contribution is -2.63. The molecule has 0 radical (unpaired) electrons. The first-order chi connectivity index (χ1) is 23.1. The number of amides is 1. The zero-order chi connectivity index (χ0) is 36.3. The van der Waals surface area contributed by atoms with Gasteiger partial charge in [0.1, 0.15) is 30.0 Å². The number of benzene rings is 2. The van der Waals surface area contributed by atoms with Gasteiger partial charge in [-0.3, -0.25) is 24.0 Å². The number of hydrogen-bond donors (Lipinski definition) is 2. The van der Waals surface area contributed by atoms with E-state index in [1.807, 2.05) is 0 Å². The monoisotopic (exact) mass is 708 g/mol. The summed E-state index contributed by atoms with van der Waals surface area (Å²) in [7, 11) is -1.10. The number of carbonyl (C=O) groups is 5. The van der Waals surface area contributed by atoms with Crippen LogP contribution in [0.2, 0.25) is 0 Å². The van der Waals surface area contributed by atoms with E-state index < -0.39 is 83.1 Å². The quantitative estimate of drug-likeness (QED) is 0.150. The molecule has 0 unspecified atom stereocenters. The van der Waals surface area contributed by atoms with Crippen LogP contribution in [0.25, 0.3) is 0 Å². The number of carbonyl (C=O) groups excluding carboxylic acids is 5. The third-order valence-electron chi connectivity index (χ3n) is 6.99. The Bertz CT molecular complexity index is 1600. The van der Waals surface area contributed by atoms with Gasteiger partial charge in [0.15, 0.2) is 12.2 Å². The van der Waals surface area contributed by atoms with Gasteiger partial charge in [0.05, 0.1) is 6.04 Å². The summed E-state index contributed by atoms with van der Waals surface area (Å²) in [4.78, 5) is 59.9. The van der Waals surface area contributed by atoms with E-state index in [9.17, 15) is 32.4 Å². The van der Waals surface area contributed by atoms with Crippen LogP contribution >= 0.6 is 0 Å². The lowest BCUT2D eigenvalue weighted by Gasteiger charge is -2.44. The average Bonchev–Trinajstić information content (AvgIpc) is 3.02. The number of hydrogen-bond acceptors (Lipinski definition) is 15. The number of para-hydroxylation sites is 1. The molecule has 16 nitrogen and oxygen atoms in total. The van der Waals surface area contributed by atoms with E-state index in [-0.39, 0.29) is 23.0 Å². The summed E-state index contributed by atoms with van der Waals surface area (Å²) < 4.78 is 65.0. The fourth-order valence-electron chi connectivity index (χ4n) is 4.93. The molecule has 17 heteroatoms. The van der Waals surface area contributed by atoms with E-state index in [0.717, 1.165) is 33.3 Å². The molecule has 6 atom stereocenters. The maximum absolute atomic E-state index is 13.2. The molecular formula is C32H40N2O14S. The second-order valence-electron chi connectivity index (χ2n) is 10.9. The highest BCUT2D eigenvalue weighted by Gasteiger charge is 2.53. The zero-order valence-electron chi connectivity index (χ0n) is 27.8. The molecule has 2 aromatic rings. The average molecular weight is 709 g/mol. The van der Waals surface area contributed by atoms with Gasteiger partial charge in [0.2, 0.25) is 18.3 Å². The maximum atomic E-state index is 13.2. The molecule has 1 aliphatic rings. The molecule has 3 rings (SSSR count). The molecular weight excluding hydrogens is 668 g/mol. The van der Waals surface area contributed by atoms with Gasteiger partial charge in [-0.15, -0.1) is 0 Å². The second-order valence-corrected chi connectivity index (χ2v) is 12.5. The van der Waals surface area contributed by atoms with Gasteiger partial charge < -0.3 is 43.2 Å². The molecule has 268 valence electrons. The summed E-state index contributed by atoms with van der Waals surface area (Å²) >= 11 is 0. The van der Waals surface area contributed by atoms with Crippen LogP contribution in [-0.4, -0.2) is 95.7 Å². The normalized spacial score (nSPS) is 21.0. The maximum Gasteiger partial charge on any atom is 0.313 e. The van der Waals surface area contributed by atoms with E-state index in [4.69, 9.17) is 32.6 Å². The summed E-state index contributed by atoms with van der Waals surface area (Å²) in [5.41, 5.74) is 0.880. The summed E-state index contributed by atoms with van der Waals surface area (Å²) in [6.45, 7) is 3.93. The molecule has 1 heterocycles. The molecule has 1 aliphatic heterocycles. The molecule has 2 N–H and O–H groups in total. The number of esters is 4. The highest BCUT2D eigenvalue weighted by atomic mass is 32.2. The molecule has 0 bridgehead atoms. The van der Waals surface area contributed by atoms with Crippen molar-refractivity contribution >= 4 is 39.9 Å². The smallest absolute Gasteiger partial charge is 0.313 e. The van der Waals surface area contributed by atoms with Crippen LogP contribution < -0.4 is 19.6 Å². The largest absolute Gasteiger partial charge is 0.463 e. The molecule has 0 spiro atoms. The Morgan fingerprint density at radius 1 is 0.796 bits per heavy atom. The highest BCUT2D eigenvalue weighted by molar-refractivity contribution is 7.86. The van der Waals surface area contributed by atoms with E-state index in [0.29, 0.717) is 6.42 Å². The van der Waals surface area contributed by atoms with Crippen molar-refractivity contribution < 1.29 is 65.0 Å². The van der Waals surface area contributed by atoms with Crippen molar-refractivity contribution in [3.63, 3.8) is 0 Å². The summed E-state index contributed by atoms with van der Waals surface area (Å²) in [5.74, 6) is -4.01. The van der Waals surface area contributed by atoms with Crippen molar-refractivity contribution in [3.05, 3.63) is 59.7 Å². The van der Waals surface area contributed by atoms with Crippen LogP contribution in [-0.2, 0) is 69.9 Å². The number of likely N-dealkylation sites (N-methyl/N-ethyl adjacent to an activating group) is 2. The van der Waals surface area contributed by atoms with Gasteiger partial charge in [-0.05, 0) is 37.2 Å². The molecule has 0 aliphatic carbocycles. The second kappa shape index (κ2) is 17.6. The van der Waals surface area contributed by atoms with Crippen molar-refractivity contribution in [1.29, 1.82) is 0 Å². The minimum atomic E-state index is -4.29. The van der Waals surface area contributed by atoms with Crippen LogP contribution in [0, 0.1) is 0 Å². The first-order valence-corrected chi connectivity index (χ1v) is 16.6. The molecule has 1 amide bonds. The predicted molar refractivity (Wildman–Crippen MR) is 169 cm³/mol. The van der Waals surface area contributed by atoms with E-state index in [1.165, 1.54) is 31.3 Å². The molecule has 1 fully saturated rings. The summed E-state index contributed by atoms with van der Waals surface area (Å²) in [6, 6.07) is 11.7. The Morgan fingerprint density at radius 2 is 1.39 bits per heavy atom. The number of rotatable bonds is 15. The van der Waals surface area contributed by atoms with Crippen LogP contribution in [0.15, 0.2) is 48.5 Å². The predicted octanol–water partition coefficient (Wildman–Crippen LogP) is 0.934. The van der Waals surface area contributed by atoms with Crippen molar-refractivity contribution in [2.45, 2.75) is 76.6 Å². The Kier molecular flexibility index (Phi) is 13.9. The third kappa shape index (κ3) is 11.7. The number of ether oxygens (including phenoxy) is 6. The van der Waals surface area contributed by atoms with Gasteiger partial charge in [0, 0.05) is 40.3 Å². The third-order valence-corrected chi connectivity index (χ3v) is 8.10. The van der Waals surface area contributed by atoms with Crippen LogP contribution in [0.5, 0.6) is 11.5 Å². The SMILES string of the molecule is CNC(=O)[C@H](Cc1ccc(OS(=O)(=O)Cc2ccccc2O[C@@H]2O[C@H](COC(C)=O)[C@H](OC(C)=O)[C@H](OC(C)=O)[C@H]2OC(C)=O)cc1)NC. The minimum Gasteiger partial charge on any atom is -0.463 e. The lowest BCUT2D eigenvalue weighted by atomic mass is 9.98. The number of nitrogens with one attached hydrogen (secondary N) is 2. The standard InChI is InChI=1S/C32H40N2O14S/c1-18(35)42-16-27-28(43-19(2)36)29(44-20(3)37)30(45-21(4)38)32(47-27)46-26-10-8-7-9-23(26)17-49(40,41)48-24-13-11-22(12-14-24)15-25(33-5)31(39)34-6/h7-14,25,27-30,32-33H,15-17H2,1-6H3,(H,34,39)/t25-,27+,28-,29-,30+,32+/m0/s1. The first kappa shape index (κ1) is 38.7. The first-order valence-electron chi connectivity index (χ1n) is 15.1. The minimum absolute atomic E-state index is 0.0294. The van der Waals surface area contributed by atoms with E-state index in [2.05, 4.69) is 10.6 Å². The topological polar surface area (TPSA) is 208 Å². The lowest BCUT2D eigenvalue weighted by molar-refractivity contribution is -0.288. The van der Waals surface area contributed by atoms with Gasteiger partial charge in [0.25, 0.3) is 0 Å². The Labute approximate surface area is 283 Å². The van der Waals surface area contributed by atoms with Gasteiger partial charge in [-0.25, -0.2) is 0 Å². The van der Waals surface area contributed by atoms with Gasteiger partial charge in [-0.1, -0.05) is 30.3 Å². The molecule has 0 saturated carbocycles. The molecule has 49 heavy (non-hydrogen) atoms. The van der Waals surface area contributed by atoms with E-state index in [1.54, 1.807) is 31.3 Å². The van der Waals surface area contributed by atoms with Crippen LogP contribution in [0.4, 0.5) is 0 Å². The summed E-state index contributed by atoms with van der Waals surface area (Å²) in [6.07, 6.45) is -6.89. The molecule has 2 aromatic carbocycles. The zero-order valence-corrected chi connectivity index (χ0v) is 28.6. The fourth-order valence-corrected chi connectivity index (χ4v) is 6.01. The van der Waals surface area contributed by atoms with Crippen molar-refractivity contribution in [2.24, 2.45) is 0 Å². The van der Waals surface area contributed by atoms with Crippen molar-refractivity contribution in [1.82, 2.24) is 10.6 Å². The highest BCUT2D eigenvalue weighted by Crippen LogP contribution is 2.32. The van der Waals surface area contributed by atoms with Crippen molar-refractivity contribution in [3.8, 4) is 11.5 Å². The Morgan fingerprint density at radius 3 is 1.96 bits per heavy atom.